The van der Waals surface area contributed by atoms with E-state index in [2.05, 4.69) is 5.32 Å². The summed E-state index contributed by atoms with van der Waals surface area (Å²) in [5.41, 5.74) is 3.14. The van der Waals surface area contributed by atoms with E-state index < -0.39 is 10.0 Å². The number of rotatable bonds is 8. The molecule has 0 atom stereocenters. The number of nitrogens with zero attached hydrogens (tertiary/aromatic N) is 3. The van der Waals surface area contributed by atoms with Gasteiger partial charge in [0.1, 0.15) is 11.6 Å². The predicted molar refractivity (Wildman–Crippen MR) is 130 cm³/mol. The lowest BCUT2D eigenvalue weighted by Gasteiger charge is -2.18. The van der Waals surface area contributed by atoms with Crippen LogP contribution >= 0.6 is 11.8 Å². The van der Waals surface area contributed by atoms with Crippen molar-refractivity contribution in [3.05, 3.63) is 65.4 Å². The van der Waals surface area contributed by atoms with Gasteiger partial charge in [-0.3, -0.25) is 4.79 Å². The van der Waals surface area contributed by atoms with Gasteiger partial charge in [0.25, 0.3) is 5.91 Å². The van der Waals surface area contributed by atoms with E-state index in [1.54, 1.807) is 37.4 Å². The third-order valence-electron chi connectivity index (χ3n) is 5.56. The van der Waals surface area contributed by atoms with Gasteiger partial charge in [-0.15, -0.1) is 0 Å². The summed E-state index contributed by atoms with van der Waals surface area (Å²) in [6.07, 6.45) is 0. The van der Waals surface area contributed by atoms with E-state index in [4.69, 9.17) is 9.84 Å². The van der Waals surface area contributed by atoms with Crippen LogP contribution in [0.3, 0.4) is 0 Å². The van der Waals surface area contributed by atoms with E-state index in [-0.39, 0.29) is 10.8 Å². The number of hydrogen-bond donors (Lipinski definition) is 1. The summed E-state index contributed by atoms with van der Waals surface area (Å²) in [7, 11) is -1.97. The van der Waals surface area contributed by atoms with Crippen molar-refractivity contribution in [3.8, 4) is 11.4 Å². The number of amides is 1. The molecule has 174 valence electrons. The molecule has 0 spiro atoms. The summed E-state index contributed by atoms with van der Waals surface area (Å²) in [4.78, 5) is 13.2. The molecular formula is C23H26N4O4S2. The number of carbonyl (C=O) groups is 1. The van der Waals surface area contributed by atoms with Crippen molar-refractivity contribution >= 4 is 33.5 Å². The molecule has 33 heavy (non-hydrogen) atoms. The second-order valence-electron chi connectivity index (χ2n) is 7.44. The Kier molecular flexibility index (Phi) is 6.78. The van der Waals surface area contributed by atoms with E-state index >= 15 is 0 Å². The monoisotopic (exact) mass is 486 g/mol. The van der Waals surface area contributed by atoms with Crippen LogP contribution in [0.4, 0.5) is 5.82 Å². The number of carbonyl (C=O) groups excluding carboxylic acids is 1. The Hall–Kier alpha value is -2.82. The molecule has 0 saturated heterocycles. The van der Waals surface area contributed by atoms with Crippen molar-refractivity contribution in [2.45, 2.75) is 30.2 Å². The van der Waals surface area contributed by atoms with Crippen LogP contribution in [0, 0.1) is 0 Å². The number of benzene rings is 2. The van der Waals surface area contributed by atoms with Crippen LogP contribution in [0.1, 0.15) is 35.5 Å². The van der Waals surface area contributed by atoms with E-state index in [0.717, 1.165) is 34.2 Å². The second kappa shape index (κ2) is 9.58. The zero-order valence-corrected chi connectivity index (χ0v) is 20.4. The highest BCUT2D eigenvalue weighted by atomic mass is 32.2. The van der Waals surface area contributed by atoms with E-state index in [1.807, 2.05) is 24.3 Å². The number of nitrogens with one attached hydrogen (secondary N) is 1. The van der Waals surface area contributed by atoms with Crippen LogP contribution in [-0.2, 0) is 21.5 Å². The van der Waals surface area contributed by atoms with E-state index in [0.29, 0.717) is 24.5 Å². The van der Waals surface area contributed by atoms with Crippen LogP contribution in [0.25, 0.3) is 5.69 Å². The molecule has 10 heteroatoms. The highest BCUT2D eigenvalue weighted by molar-refractivity contribution is 7.98. The molecule has 2 heterocycles. The fourth-order valence-electron chi connectivity index (χ4n) is 3.72. The highest BCUT2D eigenvalue weighted by Crippen LogP contribution is 2.36. The molecule has 0 radical (unpaired) electrons. The Morgan fingerprint density at radius 2 is 1.76 bits per heavy atom. The summed E-state index contributed by atoms with van der Waals surface area (Å²) < 4.78 is 33.8. The molecule has 1 aromatic heterocycles. The summed E-state index contributed by atoms with van der Waals surface area (Å²) in [5.74, 6) is 2.60. The third kappa shape index (κ3) is 4.50. The van der Waals surface area contributed by atoms with Gasteiger partial charge in [-0.1, -0.05) is 13.8 Å². The number of sulfonamides is 1. The van der Waals surface area contributed by atoms with Gasteiger partial charge in [-0.25, -0.2) is 13.1 Å². The van der Waals surface area contributed by atoms with Gasteiger partial charge in [0.15, 0.2) is 0 Å². The Bertz CT molecular complexity index is 1250. The topological polar surface area (TPSA) is 93.5 Å². The number of hydrogen-bond acceptors (Lipinski definition) is 6. The van der Waals surface area contributed by atoms with Crippen molar-refractivity contribution in [2.75, 3.05) is 25.5 Å². The van der Waals surface area contributed by atoms with Crippen molar-refractivity contribution < 1.29 is 17.9 Å². The molecule has 0 aliphatic carbocycles. The van der Waals surface area contributed by atoms with Gasteiger partial charge in [-0.05, 0) is 48.5 Å². The minimum atomic E-state index is -3.58. The summed E-state index contributed by atoms with van der Waals surface area (Å²) in [6, 6.07) is 13.5. The number of ether oxygens (including phenoxy) is 1. The third-order valence-corrected chi connectivity index (χ3v) is 8.59. The molecule has 1 N–H and O–H groups in total. The Morgan fingerprint density at radius 1 is 1.09 bits per heavy atom. The molecule has 4 rings (SSSR count). The minimum Gasteiger partial charge on any atom is -0.497 e. The predicted octanol–water partition coefficient (Wildman–Crippen LogP) is 3.91. The zero-order chi connectivity index (χ0) is 23.6. The highest BCUT2D eigenvalue weighted by Gasteiger charge is 2.26. The molecule has 1 aliphatic rings. The first kappa shape index (κ1) is 23.3. The first-order valence-electron chi connectivity index (χ1n) is 10.6. The standard InChI is InChI=1S/C23H26N4O4S2/c1-4-26(5-2)33(29,30)19-12-6-16(7-13-19)23(28)24-22-20-14-32-15-21(20)25-27(22)17-8-10-18(31-3)11-9-17/h6-13H,4-5,14-15H2,1-3H3,(H,24,28). The molecular weight excluding hydrogens is 460 g/mol. The lowest BCUT2D eigenvalue weighted by Crippen LogP contribution is -2.30. The first-order valence-corrected chi connectivity index (χ1v) is 13.2. The maximum atomic E-state index is 13.1. The quantitative estimate of drug-likeness (QED) is 0.519. The number of thioether (sulfide) groups is 1. The van der Waals surface area contributed by atoms with Crippen molar-refractivity contribution in [3.63, 3.8) is 0 Å². The smallest absolute Gasteiger partial charge is 0.256 e. The number of anilines is 1. The number of methoxy groups -OCH3 is 1. The molecule has 1 amide bonds. The van der Waals surface area contributed by atoms with Crippen LogP contribution in [0.2, 0.25) is 0 Å². The average molecular weight is 487 g/mol. The van der Waals surface area contributed by atoms with Gasteiger partial charge in [-0.2, -0.15) is 21.2 Å². The van der Waals surface area contributed by atoms with Gasteiger partial charge in [0.05, 0.1) is 23.4 Å². The van der Waals surface area contributed by atoms with Gasteiger partial charge < -0.3 is 10.1 Å². The zero-order valence-electron chi connectivity index (χ0n) is 18.7. The van der Waals surface area contributed by atoms with Crippen LogP contribution in [0.5, 0.6) is 5.75 Å². The van der Waals surface area contributed by atoms with Crippen molar-refractivity contribution in [1.29, 1.82) is 0 Å². The number of aromatic nitrogens is 2. The second-order valence-corrected chi connectivity index (χ2v) is 10.4. The van der Waals surface area contributed by atoms with Crippen LogP contribution in [-0.4, -0.2) is 48.6 Å². The molecule has 0 saturated carbocycles. The van der Waals surface area contributed by atoms with Gasteiger partial charge >= 0.3 is 0 Å². The molecule has 3 aromatic rings. The van der Waals surface area contributed by atoms with E-state index in [9.17, 15) is 13.2 Å². The molecule has 1 aliphatic heterocycles. The average Bonchev–Trinajstić information content (AvgIpc) is 3.42. The molecule has 2 aromatic carbocycles. The molecule has 0 fully saturated rings. The van der Waals surface area contributed by atoms with Crippen molar-refractivity contribution in [1.82, 2.24) is 14.1 Å². The maximum absolute atomic E-state index is 13.1. The molecule has 8 nitrogen and oxygen atoms in total. The van der Waals surface area contributed by atoms with Gasteiger partial charge in [0.2, 0.25) is 10.0 Å². The lowest BCUT2D eigenvalue weighted by molar-refractivity contribution is 0.102. The van der Waals surface area contributed by atoms with Gasteiger partial charge in [0, 0.05) is 35.7 Å². The van der Waals surface area contributed by atoms with Crippen LogP contribution in [0.15, 0.2) is 53.4 Å². The van der Waals surface area contributed by atoms with Crippen molar-refractivity contribution in [2.24, 2.45) is 0 Å². The normalized spacial score (nSPS) is 13.2. The Labute approximate surface area is 198 Å². The summed E-state index contributed by atoms with van der Waals surface area (Å²) in [5, 5.41) is 7.70. The lowest BCUT2D eigenvalue weighted by atomic mass is 10.2. The fraction of sp³-hybridized carbons (Fsp3) is 0.304. The SMILES string of the molecule is CCN(CC)S(=O)(=O)c1ccc(C(=O)Nc2c3c(nn2-c2ccc(OC)cc2)CSC3)cc1. The maximum Gasteiger partial charge on any atom is 0.256 e. The summed E-state index contributed by atoms with van der Waals surface area (Å²) >= 11 is 1.75. The number of fused-ring (bicyclic) bond motifs is 1. The molecule has 0 bridgehead atoms. The molecule has 0 unspecified atom stereocenters. The summed E-state index contributed by atoms with van der Waals surface area (Å²) in [6.45, 7) is 4.37. The Balaban J connectivity index is 1.61. The van der Waals surface area contributed by atoms with E-state index in [1.165, 1.54) is 28.6 Å². The largest absolute Gasteiger partial charge is 0.497 e. The van der Waals surface area contributed by atoms with Crippen LogP contribution < -0.4 is 10.1 Å². The Morgan fingerprint density at radius 3 is 2.36 bits per heavy atom. The fourth-order valence-corrected chi connectivity index (χ4v) is 6.22. The minimum absolute atomic E-state index is 0.170. The first-order chi connectivity index (χ1) is 15.9.